The Morgan fingerprint density at radius 1 is 1.39 bits per heavy atom. The average molecular weight is 253 g/mol. The van der Waals surface area contributed by atoms with E-state index in [-0.39, 0.29) is 23.7 Å². The Hall–Kier alpha value is -1.32. The van der Waals surface area contributed by atoms with Crippen molar-refractivity contribution in [1.29, 1.82) is 0 Å². The number of hydrogen-bond donors (Lipinski definition) is 0. The molecule has 1 fully saturated rings. The summed E-state index contributed by atoms with van der Waals surface area (Å²) in [6.07, 6.45) is 2.14. The first kappa shape index (κ1) is 14.7. The highest BCUT2D eigenvalue weighted by Gasteiger charge is 2.33. The molecule has 0 aromatic carbocycles. The molecule has 1 heterocycles. The van der Waals surface area contributed by atoms with Crippen LogP contribution in [0.4, 0.5) is 4.79 Å². The van der Waals surface area contributed by atoms with Gasteiger partial charge in [0, 0.05) is 24.9 Å². The van der Waals surface area contributed by atoms with Crippen LogP contribution in [0.5, 0.6) is 0 Å². The second kappa shape index (κ2) is 5.55. The zero-order valence-electron chi connectivity index (χ0n) is 11.7. The molecule has 0 aromatic rings. The summed E-state index contributed by atoms with van der Waals surface area (Å²) in [5, 5.41) is 0. The standard InChI is InChI=1S/C14H23NO3/c1-6-11-9-15(8-7-12(11)10(2)16)13(17)18-14(3,4)5/h6,11-12H,1,7-9H2,2-5H3/t11-,12+/m0/s1. The highest BCUT2D eigenvalue weighted by atomic mass is 16.6. The van der Waals surface area contributed by atoms with Gasteiger partial charge in [-0.2, -0.15) is 0 Å². The molecule has 0 unspecified atom stereocenters. The summed E-state index contributed by atoms with van der Waals surface area (Å²) in [4.78, 5) is 25.1. The predicted molar refractivity (Wildman–Crippen MR) is 70.3 cm³/mol. The third kappa shape index (κ3) is 3.86. The number of rotatable bonds is 2. The summed E-state index contributed by atoms with van der Waals surface area (Å²) in [5.74, 6) is 0.189. The molecule has 2 atom stereocenters. The van der Waals surface area contributed by atoms with Crippen molar-refractivity contribution >= 4 is 11.9 Å². The molecule has 1 aliphatic heterocycles. The second-order valence-corrected chi connectivity index (χ2v) is 5.83. The number of amides is 1. The lowest BCUT2D eigenvalue weighted by Crippen LogP contribution is -2.46. The van der Waals surface area contributed by atoms with Crippen LogP contribution in [-0.4, -0.2) is 35.5 Å². The number of carbonyl (C=O) groups is 2. The van der Waals surface area contributed by atoms with Gasteiger partial charge in [-0.1, -0.05) is 6.08 Å². The van der Waals surface area contributed by atoms with Crippen molar-refractivity contribution in [3.8, 4) is 0 Å². The van der Waals surface area contributed by atoms with Crippen LogP contribution in [0.15, 0.2) is 12.7 Å². The summed E-state index contributed by atoms with van der Waals surface area (Å²) in [7, 11) is 0. The number of nitrogens with zero attached hydrogens (tertiary/aromatic N) is 1. The van der Waals surface area contributed by atoms with Gasteiger partial charge in [0.05, 0.1) is 0 Å². The van der Waals surface area contributed by atoms with E-state index in [1.54, 1.807) is 17.9 Å². The molecule has 1 amide bonds. The number of likely N-dealkylation sites (tertiary alicyclic amines) is 1. The summed E-state index contributed by atoms with van der Waals surface area (Å²) in [6, 6.07) is 0. The van der Waals surface area contributed by atoms with E-state index in [4.69, 9.17) is 4.74 Å². The molecule has 0 aromatic heterocycles. The number of Topliss-reactive ketones (excluding diaryl/α,β-unsaturated/α-hetero) is 1. The van der Waals surface area contributed by atoms with Crippen LogP contribution in [0.1, 0.15) is 34.1 Å². The third-order valence-corrected chi connectivity index (χ3v) is 3.13. The third-order valence-electron chi connectivity index (χ3n) is 3.13. The molecular formula is C14H23NO3. The number of ketones is 1. The van der Waals surface area contributed by atoms with Crippen LogP contribution in [0.25, 0.3) is 0 Å². The van der Waals surface area contributed by atoms with E-state index >= 15 is 0 Å². The highest BCUT2D eigenvalue weighted by Crippen LogP contribution is 2.26. The van der Waals surface area contributed by atoms with Gasteiger partial charge in [-0.05, 0) is 34.1 Å². The van der Waals surface area contributed by atoms with Gasteiger partial charge < -0.3 is 9.64 Å². The van der Waals surface area contributed by atoms with Crippen molar-refractivity contribution in [3.05, 3.63) is 12.7 Å². The molecule has 0 bridgehead atoms. The Balaban J connectivity index is 2.65. The van der Waals surface area contributed by atoms with Crippen LogP contribution in [0.3, 0.4) is 0 Å². The summed E-state index contributed by atoms with van der Waals surface area (Å²) in [5.41, 5.74) is -0.488. The molecule has 0 radical (unpaired) electrons. The fourth-order valence-corrected chi connectivity index (χ4v) is 2.22. The van der Waals surface area contributed by atoms with Gasteiger partial charge in [-0.15, -0.1) is 6.58 Å². The Bertz CT molecular complexity index is 343. The summed E-state index contributed by atoms with van der Waals surface area (Å²) in [6.45, 7) is 12.0. The van der Waals surface area contributed by atoms with Crippen LogP contribution in [0, 0.1) is 11.8 Å². The molecule has 102 valence electrons. The van der Waals surface area contributed by atoms with Crippen LogP contribution in [-0.2, 0) is 9.53 Å². The predicted octanol–water partition coefficient (Wildman–Crippen LogP) is 2.63. The van der Waals surface area contributed by atoms with Gasteiger partial charge in [0.2, 0.25) is 0 Å². The minimum Gasteiger partial charge on any atom is -0.444 e. The molecular weight excluding hydrogens is 230 g/mol. The van der Waals surface area contributed by atoms with E-state index in [1.807, 2.05) is 20.8 Å². The molecule has 4 nitrogen and oxygen atoms in total. The van der Waals surface area contributed by atoms with Crippen LogP contribution >= 0.6 is 0 Å². The second-order valence-electron chi connectivity index (χ2n) is 5.83. The quantitative estimate of drug-likeness (QED) is 0.711. The minimum atomic E-state index is -0.488. The molecule has 0 aliphatic carbocycles. The Morgan fingerprint density at radius 2 is 2.00 bits per heavy atom. The monoisotopic (exact) mass is 253 g/mol. The lowest BCUT2D eigenvalue weighted by atomic mass is 9.83. The topological polar surface area (TPSA) is 46.6 Å². The smallest absolute Gasteiger partial charge is 0.410 e. The van der Waals surface area contributed by atoms with E-state index in [1.165, 1.54) is 0 Å². The number of carbonyl (C=O) groups excluding carboxylic acids is 2. The van der Waals surface area contributed by atoms with Crippen molar-refractivity contribution in [1.82, 2.24) is 4.90 Å². The zero-order chi connectivity index (χ0) is 13.9. The first-order valence-electron chi connectivity index (χ1n) is 6.35. The van der Waals surface area contributed by atoms with Gasteiger partial charge in [0.1, 0.15) is 11.4 Å². The molecule has 0 spiro atoms. The fourth-order valence-electron chi connectivity index (χ4n) is 2.22. The van der Waals surface area contributed by atoms with E-state index in [2.05, 4.69) is 6.58 Å². The Labute approximate surface area is 109 Å². The van der Waals surface area contributed by atoms with E-state index in [0.29, 0.717) is 19.5 Å². The lowest BCUT2D eigenvalue weighted by molar-refractivity contribution is -0.123. The van der Waals surface area contributed by atoms with Crippen molar-refractivity contribution in [2.24, 2.45) is 11.8 Å². The molecule has 1 rings (SSSR count). The van der Waals surface area contributed by atoms with Gasteiger partial charge >= 0.3 is 6.09 Å². The molecule has 1 saturated heterocycles. The molecule has 4 heteroatoms. The zero-order valence-corrected chi connectivity index (χ0v) is 11.7. The lowest BCUT2D eigenvalue weighted by Gasteiger charge is -2.36. The normalized spacial score (nSPS) is 24.6. The minimum absolute atomic E-state index is 0.0128. The maximum Gasteiger partial charge on any atom is 0.410 e. The fraction of sp³-hybridized carbons (Fsp3) is 0.714. The van der Waals surface area contributed by atoms with Crippen molar-refractivity contribution < 1.29 is 14.3 Å². The number of hydrogen-bond acceptors (Lipinski definition) is 3. The molecule has 0 saturated carbocycles. The van der Waals surface area contributed by atoms with Crippen LogP contribution < -0.4 is 0 Å². The molecule has 1 aliphatic rings. The van der Waals surface area contributed by atoms with Gasteiger partial charge in [-0.3, -0.25) is 4.79 Å². The van der Waals surface area contributed by atoms with Crippen LogP contribution in [0.2, 0.25) is 0 Å². The van der Waals surface area contributed by atoms with E-state index < -0.39 is 5.60 Å². The van der Waals surface area contributed by atoms with Crippen molar-refractivity contribution in [2.75, 3.05) is 13.1 Å². The number of ether oxygens (including phenoxy) is 1. The van der Waals surface area contributed by atoms with Gasteiger partial charge in [0.15, 0.2) is 0 Å². The first-order chi connectivity index (χ1) is 8.24. The SMILES string of the molecule is C=C[C@H]1CN(C(=O)OC(C)(C)C)CC[C@@H]1C(C)=O. The maximum atomic E-state index is 11.9. The molecule has 0 N–H and O–H groups in total. The van der Waals surface area contributed by atoms with Crippen molar-refractivity contribution in [3.63, 3.8) is 0 Å². The Kier molecular flexibility index (Phi) is 4.54. The first-order valence-corrected chi connectivity index (χ1v) is 6.35. The number of piperidine rings is 1. The highest BCUT2D eigenvalue weighted by molar-refractivity contribution is 5.79. The maximum absolute atomic E-state index is 11.9. The van der Waals surface area contributed by atoms with Gasteiger partial charge in [-0.25, -0.2) is 4.79 Å². The summed E-state index contributed by atoms with van der Waals surface area (Å²) >= 11 is 0. The largest absolute Gasteiger partial charge is 0.444 e. The summed E-state index contributed by atoms with van der Waals surface area (Å²) < 4.78 is 5.33. The van der Waals surface area contributed by atoms with E-state index in [0.717, 1.165) is 0 Å². The Morgan fingerprint density at radius 3 is 2.44 bits per heavy atom. The van der Waals surface area contributed by atoms with Crippen molar-refractivity contribution in [2.45, 2.75) is 39.7 Å². The van der Waals surface area contributed by atoms with Gasteiger partial charge in [0.25, 0.3) is 0 Å². The van der Waals surface area contributed by atoms with E-state index in [9.17, 15) is 9.59 Å². The average Bonchev–Trinajstić information content (AvgIpc) is 2.25. The molecule has 18 heavy (non-hydrogen) atoms.